The van der Waals surface area contributed by atoms with Gasteiger partial charge in [0.2, 0.25) is 5.95 Å². The Hall–Kier alpha value is -2.63. The van der Waals surface area contributed by atoms with Gasteiger partial charge in [0.05, 0.1) is 17.8 Å². The smallest absolute Gasteiger partial charge is 0.255 e. The normalized spacial score (nSPS) is 18.6. The zero-order valence-corrected chi connectivity index (χ0v) is 14.0. The number of rotatable bonds is 2. The van der Waals surface area contributed by atoms with Crippen LogP contribution >= 0.6 is 0 Å². The lowest BCUT2D eigenvalue weighted by atomic mass is 10.0. The number of nitrogens with zero attached hydrogens (tertiary/aromatic N) is 3. The van der Waals surface area contributed by atoms with E-state index in [9.17, 15) is 4.79 Å². The quantitative estimate of drug-likeness (QED) is 0.908. The topological polar surface area (TPSA) is 67.3 Å². The molecule has 2 aromatic rings. The van der Waals surface area contributed by atoms with Crippen molar-refractivity contribution in [3.8, 4) is 17.0 Å². The highest BCUT2D eigenvalue weighted by Gasteiger charge is 2.25. The molecule has 6 nitrogen and oxygen atoms in total. The third kappa shape index (κ3) is 2.44. The second kappa shape index (κ2) is 5.72. The summed E-state index contributed by atoms with van der Waals surface area (Å²) < 4.78 is 5.77. The lowest BCUT2D eigenvalue weighted by molar-refractivity contribution is 0.0957. The molecular formula is C19H20N4O2. The molecule has 3 heterocycles. The fourth-order valence-corrected chi connectivity index (χ4v) is 3.71. The summed E-state index contributed by atoms with van der Waals surface area (Å²) in [6, 6.07) is 5.78. The Morgan fingerprint density at radius 2 is 2.04 bits per heavy atom. The Morgan fingerprint density at radius 3 is 2.88 bits per heavy atom. The van der Waals surface area contributed by atoms with E-state index in [0.717, 1.165) is 49.6 Å². The minimum atomic E-state index is -0.0757. The highest BCUT2D eigenvalue weighted by atomic mass is 16.5. The summed E-state index contributed by atoms with van der Waals surface area (Å²) in [5.74, 6) is 1.41. The van der Waals surface area contributed by atoms with Crippen molar-refractivity contribution < 1.29 is 9.53 Å². The first kappa shape index (κ1) is 14.7. The van der Waals surface area contributed by atoms with Gasteiger partial charge < -0.3 is 15.0 Å². The molecule has 0 radical (unpaired) electrons. The van der Waals surface area contributed by atoms with Gasteiger partial charge in [0.25, 0.3) is 5.91 Å². The van der Waals surface area contributed by atoms with Gasteiger partial charge in [-0.3, -0.25) is 4.79 Å². The predicted octanol–water partition coefficient (Wildman–Crippen LogP) is 1.96. The number of fused-ring (bicyclic) bond motifs is 2. The molecule has 1 fully saturated rings. The third-order valence-corrected chi connectivity index (χ3v) is 5.21. The largest absolute Gasteiger partial charge is 0.491 e. The van der Waals surface area contributed by atoms with E-state index < -0.39 is 0 Å². The van der Waals surface area contributed by atoms with Gasteiger partial charge in [-0.25, -0.2) is 9.97 Å². The standard InChI is InChI=1S/C19H20N4O2/c24-18-14-6-5-12(11-16(14)25-10-7-20-18)17-13-3-1-4-15(13)21-19(22-17)23-8-2-9-23/h5-6,11H,1-4,7-10H2,(H,20,24). The van der Waals surface area contributed by atoms with Gasteiger partial charge in [-0.15, -0.1) is 0 Å². The summed E-state index contributed by atoms with van der Waals surface area (Å²) in [4.78, 5) is 24.0. The van der Waals surface area contributed by atoms with Crippen LogP contribution in [0, 0.1) is 0 Å². The highest BCUT2D eigenvalue weighted by Crippen LogP contribution is 2.35. The number of anilines is 1. The molecule has 25 heavy (non-hydrogen) atoms. The number of carbonyl (C=O) groups excluding carboxylic acids is 1. The number of benzene rings is 1. The minimum Gasteiger partial charge on any atom is -0.491 e. The third-order valence-electron chi connectivity index (χ3n) is 5.21. The van der Waals surface area contributed by atoms with E-state index in [2.05, 4.69) is 10.2 Å². The van der Waals surface area contributed by atoms with Gasteiger partial charge in [-0.05, 0) is 37.8 Å². The number of hydrogen-bond donors (Lipinski definition) is 1. The second-order valence-electron chi connectivity index (χ2n) is 6.81. The molecule has 1 N–H and O–H groups in total. The maximum Gasteiger partial charge on any atom is 0.255 e. The van der Waals surface area contributed by atoms with Crippen molar-refractivity contribution in [2.45, 2.75) is 25.7 Å². The average Bonchev–Trinajstić information content (AvgIpc) is 2.97. The van der Waals surface area contributed by atoms with E-state index in [0.29, 0.717) is 24.5 Å². The number of nitrogens with one attached hydrogen (secondary N) is 1. The Labute approximate surface area is 146 Å². The van der Waals surface area contributed by atoms with Crippen molar-refractivity contribution in [2.75, 3.05) is 31.1 Å². The molecule has 5 rings (SSSR count). The molecule has 6 heteroatoms. The molecule has 0 bridgehead atoms. The molecule has 0 saturated carbocycles. The van der Waals surface area contributed by atoms with Gasteiger partial charge in [0.1, 0.15) is 12.4 Å². The van der Waals surface area contributed by atoms with E-state index in [1.807, 2.05) is 18.2 Å². The minimum absolute atomic E-state index is 0.0757. The summed E-state index contributed by atoms with van der Waals surface area (Å²) in [6.45, 7) is 3.09. The van der Waals surface area contributed by atoms with E-state index in [-0.39, 0.29) is 5.91 Å². The fraction of sp³-hybridized carbons (Fsp3) is 0.421. The molecule has 1 amide bonds. The first-order chi connectivity index (χ1) is 12.3. The van der Waals surface area contributed by atoms with Crippen LogP contribution in [-0.2, 0) is 12.8 Å². The van der Waals surface area contributed by atoms with E-state index >= 15 is 0 Å². The zero-order valence-electron chi connectivity index (χ0n) is 14.0. The summed E-state index contributed by atoms with van der Waals surface area (Å²) in [7, 11) is 0. The van der Waals surface area contributed by atoms with E-state index in [1.165, 1.54) is 17.7 Å². The maximum atomic E-state index is 12.1. The van der Waals surface area contributed by atoms with Gasteiger partial charge in [-0.2, -0.15) is 0 Å². The first-order valence-corrected chi connectivity index (χ1v) is 9.00. The van der Waals surface area contributed by atoms with Crippen LogP contribution in [0.3, 0.4) is 0 Å². The van der Waals surface area contributed by atoms with Crippen LogP contribution in [-0.4, -0.2) is 42.1 Å². The lowest BCUT2D eigenvalue weighted by Gasteiger charge is -2.31. The van der Waals surface area contributed by atoms with Crippen LogP contribution in [0.2, 0.25) is 0 Å². The van der Waals surface area contributed by atoms with Crippen molar-refractivity contribution in [2.24, 2.45) is 0 Å². The SMILES string of the molecule is O=C1NCCOc2cc(-c3nc(N4CCC4)nc4c3CCC4)ccc21. The lowest BCUT2D eigenvalue weighted by Crippen LogP contribution is -2.38. The van der Waals surface area contributed by atoms with Crippen molar-refractivity contribution >= 4 is 11.9 Å². The molecule has 2 aliphatic heterocycles. The fourth-order valence-electron chi connectivity index (χ4n) is 3.71. The number of ether oxygens (including phenoxy) is 1. The summed E-state index contributed by atoms with van der Waals surface area (Å²) in [6.07, 6.45) is 4.38. The number of aromatic nitrogens is 2. The Morgan fingerprint density at radius 1 is 1.12 bits per heavy atom. The van der Waals surface area contributed by atoms with E-state index in [4.69, 9.17) is 14.7 Å². The second-order valence-corrected chi connectivity index (χ2v) is 6.81. The van der Waals surface area contributed by atoms with Crippen LogP contribution in [0.1, 0.15) is 34.5 Å². The number of amides is 1. The van der Waals surface area contributed by atoms with Crippen LogP contribution in [0.25, 0.3) is 11.3 Å². The summed E-state index contributed by atoms with van der Waals surface area (Å²) in [5.41, 5.74) is 5.04. The van der Waals surface area contributed by atoms with Crippen LogP contribution in [0.15, 0.2) is 18.2 Å². The molecule has 1 aromatic carbocycles. The molecular weight excluding hydrogens is 316 g/mol. The molecule has 0 atom stereocenters. The monoisotopic (exact) mass is 336 g/mol. The van der Waals surface area contributed by atoms with Crippen molar-refractivity contribution in [1.82, 2.24) is 15.3 Å². The maximum absolute atomic E-state index is 12.1. The predicted molar refractivity (Wildman–Crippen MR) is 94.2 cm³/mol. The Bertz CT molecular complexity index is 861. The Balaban J connectivity index is 1.62. The molecule has 1 saturated heterocycles. The first-order valence-electron chi connectivity index (χ1n) is 9.00. The number of hydrogen-bond acceptors (Lipinski definition) is 5. The van der Waals surface area contributed by atoms with Gasteiger partial charge in [-0.1, -0.05) is 6.07 Å². The van der Waals surface area contributed by atoms with Crippen LogP contribution in [0.5, 0.6) is 5.75 Å². The Kier molecular flexibility index (Phi) is 3.36. The van der Waals surface area contributed by atoms with Crippen molar-refractivity contribution in [1.29, 1.82) is 0 Å². The van der Waals surface area contributed by atoms with E-state index in [1.54, 1.807) is 0 Å². The number of aryl methyl sites for hydroxylation is 1. The molecule has 3 aliphatic rings. The van der Waals surface area contributed by atoms with Crippen molar-refractivity contribution in [3.05, 3.63) is 35.0 Å². The average molecular weight is 336 g/mol. The summed E-state index contributed by atoms with van der Waals surface area (Å²) in [5, 5.41) is 2.84. The van der Waals surface area contributed by atoms with Crippen LogP contribution in [0.4, 0.5) is 5.95 Å². The molecule has 128 valence electrons. The van der Waals surface area contributed by atoms with Gasteiger partial charge >= 0.3 is 0 Å². The zero-order chi connectivity index (χ0) is 16.8. The van der Waals surface area contributed by atoms with Crippen LogP contribution < -0.4 is 15.0 Å². The van der Waals surface area contributed by atoms with Gasteiger partial charge in [0.15, 0.2) is 0 Å². The molecule has 0 unspecified atom stereocenters. The van der Waals surface area contributed by atoms with Gasteiger partial charge in [0, 0.05) is 29.9 Å². The number of carbonyl (C=O) groups is 1. The molecule has 1 aliphatic carbocycles. The summed E-state index contributed by atoms with van der Waals surface area (Å²) >= 11 is 0. The molecule has 1 aromatic heterocycles. The molecule has 0 spiro atoms. The van der Waals surface area contributed by atoms with Crippen molar-refractivity contribution in [3.63, 3.8) is 0 Å². The highest BCUT2D eigenvalue weighted by molar-refractivity contribution is 5.98.